The standard InChI is InChI=1S/C12H12BrClFNO/c13-12-8(2-1-3-10(12)14)6-11(17)16-5-4-9(15)7-16/h1-3,9H,4-7H2/t9-/m1/s1. The first-order valence-electron chi connectivity index (χ1n) is 5.42. The van der Waals surface area contributed by atoms with Crippen molar-refractivity contribution in [3.8, 4) is 0 Å². The molecule has 5 heteroatoms. The molecule has 0 spiro atoms. The van der Waals surface area contributed by atoms with Crippen LogP contribution >= 0.6 is 27.5 Å². The molecule has 0 radical (unpaired) electrons. The molecule has 1 aliphatic heterocycles. The van der Waals surface area contributed by atoms with Gasteiger partial charge in [-0.1, -0.05) is 23.7 Å². The highest BCUT2D eigenvalue weighted by molar-refractivity contribution is 9.10. The van der Waals surface area contributed by atoms with Crippen LogP contribution in [-0.2, 0) is 11.2 Å². The van der Waals surface area contributed by atoms with Gasteiger partial charge in [0.05, 0.1) is 18.0 Å². The van der Waals surface area contributed by atoms with Crippen LogP contribution in [-0.4, -0.2) is 30.1 Å². The van der Waals surface area contributed by atoms with Gasteiger partial charge in [-0.25, -0.2) is 4.39 Å². The summed E-state index contributed by atoms with van der Waals surface area (Å²) in [6.45, 7) is 0.731. The van der Waals surface area contributed by atoms with Crippen LogP contribution in [0.4, 0.5) is 4.39 Å². The van der Waals surface area contributed by atoms with Crippen molar-refractivity contribution in [2.75, 3.05) is 13.1 Å². The van der Waals surface area contributed by atoms with E-state index in [1.807, 2.05) is 6.07 Å². The Labute approximate surface area is 113 Å². The number of benzene rings is 1. The molecule has 0 aliphatic carbocycles. The van der Waals surface area contributed by atoms with Crippen molar-refractivity contribution in [2.24, 2.45) is 0 Å². The normalized spacial score (nSPS) is 19.7. The number of hydrogen-bond acceptors (Lipinski definition) is 1. The van der Waals surface area contributed by atoms with E-state index < -0.39 is 6.17 Å². The molecular weight excluding hydrogens is 308 g/mol. The highest BCUT2D eigenvalue weighted by Gasteiger charge is 2.26. The monoisotopic (exact) mass is 319 g/mol. The van der Waals surface area contributed by atoms with E-state index in [9.17, 15) is 9.18 Å². The number of carbonyl (C=O) groups excluding carboxylic acids is 1. The summed E-state index contributed by atoms with van der Waals surface area (Å²) in [5, 5.41) is 0.583. The Morgan fingerprint density at radius 3 is 3.00 bits per heavy atom. The maximum Gasteiger partial charge on any atom is 0.227 e. The highest BCUT2D eigenvalue weighted by atomic mass is 79.9. The minimum Gasteiger partial charge on any atom is -0.339 e. The number of likely N-dealkylation sites (tertiary alicyclic amines) is 1. The second kappa shape index (κ2) is 5.36. The number of carbonyl (C=O) groups is 1. The molecule has 0 N–H and O–H groups in total. The van der Waals surface area contributed by atoms with E-state index in [0.29, 0.717) is 18.0 Å². The first-order valence-corrected chi connectivity index (χ1v) is 6.59. The summed E-state index contributed by atoms with van der Waals surface area (Å²) in [6.07, 6.45) is -0.169. The summed E-state index contributed by atoms with van der Waals surface area (Å²) in [4.78, 5) is 13.5. The Balaban J connectivity index is 2.06. The maximum atomic E-state index is 13.0. The molecule has 1 fully saturated rings. The minimum atomic E-state index is -0.873. The van der Waals surface area contributed by atoms with E-state index in [1.165, 1.54) is 0 Å². The second-order valence-corrected chi connectivity index (χ2v) is 5.32. The molecule has 0 aromatic heterocycles. The SMILES string of the molecule is O=C(Cc1cccc(Cl)c1Br)N1CC[C@@H](F)C1. The molecule has 1 aromatic carbocycles. The van der Waals surface area contributed by atoms with Gasteiger partial charge in [0.2, 0.25) is 5.91 Å². The lowest BCUT2D eigenvalue weighted by molar-refractivity contribution is -0.129. The number of alkyl halides is 1. The van der Waals surface area contributed by atoms with Crippen LogP contribution in [0, 0.1) is 0 Å². The predicted molar refractivity (Wildman–Crippen MR) is 68.9 cm³/mol. The van der Waals surface area contributed by atoms with Gasteiger partial charge in [0.25, 0.3) is 0 Å². The van der Waals surface area contributed by atoms with Gasteiger partial charge in [0.1, 0.15) is 6.17 Å². The third kappa shape index (κ3) is 2.99. The Morgan fingerprint density at radius 1 is 1.59 bits per heavy atom. The third-order valence-electron chi connectivity index (χ3n) is 2.86. The fourth-order valence-electron chi connectivity index (χ4n) is 1.90. The maximum absolute atomic E-state index is 13.0. The van der Waals surface area contributed by atoms with Crippen molar-refractivity contribution < 1.29 is 9.18 Å². The second-order valence-electron chi connectivity index (χ2n) is 4.12. The van der Waals surface area contributed by atoms with E-state index in [1.54, 1.807) is 17.0 Å². The Morgan fingerprint density at radius 2 is 2.35 bits per heavy atom. The first-order chi connectivity index (χ1) is 8.08. The van der Waals surface area contributed by atoms with Crippen LogP contribution in [0.2, 0.25) is 5.02 Å². The molecule has 2 rings (SSSR count). The lowest BCUT2D eigenvalue weighted by Gasteiger charge is -2.15. The lowest BCUT2D eigenvalue weighted by atomic mass is 10.1. The van der Waals surface area contributed by atoms with E-state index in [0.717, 1.165) is 10.0 Å². The first kappa shape index (κ1) is 12.8. The average Bonchev–Trinajstić information content (AvgIpc) is 2.72. The number of amides is 1. The fraction of sp³-hybridized carbons (Fsp3) is 0.417. The van der Waals surface area contributed by atoms with Crippen LogP contribution in [0.25, 0.3) is 0 Å². The molecule has 1 amide bonds. The van der Waals surface area contributed by atoms with Crippen molar-refractivity contribution in [3.63, 3.8) is 0 Å². The fourth-order valence-corrected chi connectivity index (χ4v) is 2.50. The third-order valence-corrected chi connectivity index (χ3v) is 4.34. The minimum absolute atomic E-state index is 0.0480. The molecule has 0 bridgehead atoms. The van der Waals surface area contributed by atoms with E-state index in [-0.39, 0.29) is 18.9 Å². The zero-order valence-corrected chi connectivity index (χ0v) is 11.5. The average molecular weight is 321 g/mol. The van der Waals surface area contributed by atoms with Gasteiger partial charge in [-0.2, -0.15) is 0 Å². The summed E-state index contributed by atoms with van der Waals surface area (Å²) in [5.41, 5.74) is 0.838. The van der Waals surface area contributed by atoms with Crippen LogP contribution in [0.3, 0.4) is 0 Å². The Hall–Kier alpha value is -0.610. The van der Waals surface area contributed by atoms with Gasteiger partial charge >= 0.3 is 0 Å². The van der Waals surface area contributed by atoms with Crippen LogP contribution < -0.4 is 0 Å². The molecule has 17 heavy (non-hydrogen) atoms. The number of rotatable bonds is 2. The predicted octanol–water partition coefficient (Wildman–Crippen LogP) is 3.22. The molecule has 1 aromatic rings. The van der Waals surface area contributed by atoms with Crippen LogP contribution in [0.1, 0.15) is 12.0 Å². The Kier molecular flexibility index (Phi) is 4.05. The molecular formula is C12H12BrClFNO. The van der Waals surface area contributed by atoms with Gasteiger partial charge < -0.3 is 4.90 Å². The van der Waals surface area contributed by atoms with Gasteiger partial charge in [0, 0.05) is 11.0 Å². The van der Waals surface area contributed by atoms with Crippen molar-refractivity contribution in [2.45, 2.75) is 19.0 Å². The molecule has 2 nitrogen and oxygen atoms in total. The molecule has 1 saturated heterocycles. The van der Waals surface area contributed by atoms with E-state index in [2.05, 4.69) is 15.9 Å². The molecule has 0 unspecified atom stereocenters. The van der Waals surface area contributed by atoms with E-state index in [4.69, 9.17) is 11.6 Å². The number of halogens is 3. The summed E-state index contributed by atoms with van der Waals surface area (Å²) >= 11 is 9.30. The molecule has 0 saturated carbocycles. The van der Waals surface area contributed by atoms with E-state index >= 15 is 0 Å². The largest absolute Gasteiger partial charge is 0.339 e. The summed E-state index contributed by atoms with van der Waals surface area (Å²) in [7, 11) is 0. The summed E-state index contributed by atoms with van der Waals surface area (Å²) < 4.78 is 13.7. The van der Waals surface area contributed by atoms with Crippen LogP contribution in [0.5, 0.6) is 0 Å². The zero-order valence-electron chi connectivity index (χ0n) is 9.13. The zero-order chi connectivity index (χ0) is 12.4. The highest BCUT2D eigenvalue weighted by Crippen LogP contribution is 2.27. The van der Waals surface area contributed by atoms with Crippen molar-refractivity contribution in [3.05, 3.63) is 33.3 Å². The summed E-state index contributed by atoms with van der Waals surface area (Å²) in [5.74, 6) is -0.0480. The molecule has 92 valence electrons. The number of nitrogens with zero attached hydrogens (tertiary/aromatic N) is 1. The van der Waals surface area contributed by atoms with Crippen molar-refractivity contribution in [1.29, 1.82) is 0 Å². The van der Waals surface area contributed by atoms with Crippen molar-refractivity contribution in [1.82, 2.24) is 4.90 Å². The summed E-state index contributed by atoms with van der Waals surface area (Å²) in [6, 6.07) is 5.40. The van der Waals surface area contributed by atoms with Crippen LogP contribution in [0.15, 0.2) is 22.7 Å². The van der Waals surface area contributed by atoms with Crippen molar-refractivity contribution >= 4 is 33.4 Å². The topological polar surface area (TPSA) is 20.3 Å². The van der Waals surface area contributed by atoms with Gasteiger partial charge in [0.15, 0.2) is 0 Å². The number of hydrogen-bond donors (Lipinski definition) is 0. The molecule has 1 atom stereocenters. The lowest BCUT2D eigenvalue weighted by Crippen LogP contribution is -2.30. The smallest absolute Gasteiger partial charge is 0.227 e. The molecule has 1 heterocycles. The molecule has 1 aliphatic rings. The van der Waals surface area contributed by atoms with Gasteiger partial charge in [-0.05, 0) is 34.0 Å². The quantitative estimate of drug-likeness (QED) is 0.819. The van der Waals surface area contributed by atoms with Gasteiger partial charge in [-0.15, -0.1) is 0 Å². The van der Waals surface area contributed by atoms with Gasteiger partial charge in [-0.3, -0.25) is 4.79 Å². The Bertz CT molecular complexity index is 441.